The molecule has 1 aromatic carbocycles. The fraction of sp³-hybridized carbons (Fsp3) is 0.500. The maximum Gasteiger partial charge on any atom is 0.0518 e. The lowest BCUT2D eigenvalue weighted by atomic mass is 9.82. The van der Waals surface area contributed by atoms with Gasteiger partial charge in [0.15, 0.2) is 0 Å². The summed E-state index contributed by atoms with van der Waals surface area (Å²) in [5, 5.41) is 4.79. The second-order valence-corrected chi connectivity index (χ2v) is 6.09. The molecule has 1 aliphatic heterocycles. The minimum absolute atomic E-state index is 0.179. The van der Waals surface area contributed by atoms with Gasteiger partial charge in [0.25, 0.3) is 0 Å². The second kappa shape index (κ2) is 3.86. The van der Waals surface area contributed by atoms with E-state index in [0.29, 0.717) is 0 Å². The summed E-state index contributed by atoms with van der Waals surface area (Å²) in [5.74, 6) is 0. The Kier molecular flexibility index (Phi) is 2.53. The van der Waals surface area contributed by atoms with E-state index >= 15 is 0 Å². The van der Waals surface area contributed by atoms with Crippen molar-refractivity contribution in [1.82, 2.24) is 9.88 Å². The molecule has 3 rings (SSSR count). The average Bonchev–Trinajstić information content (AvgIpc) is 2.84. The molecule has 0 aliphatic carbocycles. The van der Waals surface area contributed by atoms with E-state index in [0.717, 1.165) is 13.1 Å². The van der Waals surface area contributed by atoms with Crippen molar-refractivity contribution in [3.63, 3.8) is 0 Å². The number of aryl methyl sites for hydroxylation is 2. The van der Waals surface area contributed by atoms with Crippen molar-refractivity contribution in [1.29, 1.82) is 0 Å². The van der Waals surface area contributed by atoms with E-state index < -0.39 is 0 Å². The highest BCUT2D eigenvalue weighted by Gasteiger charge is 2.30. The Morgan fingerprint density at radius 3 is 2.83 bits per heavy atom. The Hall–Kier alpha value is -1.28. The first-order valence-electron chi connectivity index (χ1n) is 6.82. The third kappa shape index (κ3) is 1.45. The smallest absolute Gasteiger partial charge is 0.0518 e. The van der Waals surface area contributed by atoms with E-state index in [1.54, 1.807) is 0 Å². The lowest BCUT2D eigenvalue weighted by Gasteiger charge is -2.26. The normalized spacial score (nSPS) is 14.7. The number of para-hydroxylation sites is 1. The molecule has 0 unspecified atom stereocenters. The van der Waals surface area contributed by atoms with Gasteiger partial charge >= 0.3 is 0 Å². The van der Waals surface area contributed by atoms with E-state index in [-0.39, 0.29) is 5.41 Å². The average molecular weight is 242 g/mol. The molecule has 18 heavy (non-hydrogen) atoms. The molecule has 2 nitrogen and oxygen atoms in total. The van der Waals surface area contributed by atoms with Gasteiger partial charge in [-0.05, 0) is 31.5 Å². The zero-order chi connectivity index (χ0) is 12.9. The molecular formula is C16H22N2. The number of rotatable bonds is 3. The Morgan fingerprint density at radius 1 is 1.33 bits per heavy atom. The van der Waals surface area contributed by atoms with Crippen molar-refractivity contribution in [2.45, 2.75) is 39.2 Å². The summed E-state index contributed by atoms with van der Waals surface area (Å²) in [5.41, 5.74) is 6.15. The molecule has 0 atom stereocenters. The predicted molar refractivity (Wildman–Crippen MR) is 77.3 cm³/mol. The third-order valence-electron chi connectivity index (χ3n) is 4.33. The summed E-state index contributed by atoms with van der Waals surface area (Å²) in [4.78, 5) is 0. The van der Waals surface area contributed by atoms with Gasteiger partial charge in [-0.2, -0.15) is 0 Å². The molecule has 2 aromatic rings. The number of benzene rings is 1. The molecule has 2 heteroatoms. The number of hydrogen-bond acceptors (Lipinski definition) is 1. The Labute approximate surface area is 109 Å². The standard InChI is InChI=1S/C16H22N2/c1-11-14(16(2,3)10-17-4)13-7-5-6-12-8-9-18(11)15(12)13/h5-7,17H,8-10H2,1-4H3. The van der Waals surface area contributed by atoms with Crippen LogP contribution >= 0.6 is 0 Å². The van der Waals surface area contributed by atoms with Gasteiger partial charge in [-0.15, -0.1) is 0 Å². The van der Waals surface area contributed by atoms with Gasteiger partial charge < -0.3 is 9.88 Å². The van der Waals surface area contributed by atoms with Gasteiger partial charge in [0, 0.05) is 29.6 Å². The molecule has 1 aromatic heterocycles. The minimum Gasteiger partial charge on any atom is -0.344 e. The molecule has 0 saturated heterocycles. The maximum absolute atomic E-state index is 3.33. The largest absolute Gasteiger partial charge is 0.344 e. The van der Waals surface area contributed by atoms with Gasteiger partial charge in [-0.3, -0.25) is 0 Å². The van der Waals surface area contributed by atoms with Gasteiger partial charge in [-0.25, -0.2) is 0 Å². The minimum atomic E-state index is 0.179. The number of likely N-dealkylation sites (N-methyl/N-ethyl adjacent to an activating group) is 1. The van der Waals surface area contributed by atoms with Crippen molar-refractivity contribution in [2.75, 3.05) is 13.6 Å². The van der Waals surface area contributed by atoms with Gasteiger partial charge in [0.2, 0.25) is 0 Å². The molecule has 0 spiro atoms. The van der Waals surface area contributed by atoms with Crippen LogP contribution in [0.25, 0.3) is 10.9 Å². The van der Waals surface area contributed by atoms with Gasteiger partial charge in [0.1, 0.15) is 0 Å². The molecule has 0 fully saturated rings. The van der Waals surface area contributed by atoms with Crippen molar-refractivity contribution < 1.29 is 0 Å². The van der Waals surface area contributed by atoms with Gasteiger partial charge in [-0.1, -0.05) is 32.0 Å². The number of hydrogen-bond donors (Lipinski definition) is 1. The van der Waals surface area contributed by atoms with E-state index in [9.17, 15) is 0 Å². The van der Waals surface area contributed by atoms with E-state index in [1.807, 2.05) is 7.05 Å². The van der Waals surface area contributed by atoms with E-state index in [2.05, 4.69) is 48.9 Å². The molecule has 0 radical (unpaired) electrons. The topological polar surface area (TPSA) is 17.0 Å². The highest BCUT2D eigenvalue weighted by Crippen LogP contribution is 2.39. The Balaban J connectivity index is 2.31. The van der Waals surface area contributed by atoms with Crippen LogP contribution in [0, 0.1) is 6.92 Å². The lowest BCUT2D eigenvalue weighted by Crippen LogP contribution is -2.31. The lowest BCUT2D eigenvalue weighted by molar-refractivity contribution is 0.492. The fourth-order valence-electron chi connectivity index (χ4n) is 3.71. The van der Waals surface area contributed by atoms with Crippen LogP contribution in [0.5, 0.6) is 0 Å². The first-order chi connectivity index (χ1) is 8.56. The SMILES string of the molecule is CNCC(C)(C)c1c(C)n2c3c(cccc13)CC2. The van der Waals surface area contributed by atoms with Crippen molar-refractivity contribution >= 4 is 10.9 Å². The molecule has 2 heterocycles. The van der Waals surface area contributed by atoms with Crippen LogP contribution in [0.2, 0.25) is 0 Å². The summed E-state index contributed by atoms with van der Waals surface area (Å²) < 4.78 is 2.51. The molecule has 0 saturated carbocycles. The molecule has 1 N–H and O–H groups in total. The van der Waals surface area contributed by atoms with E-state index in [4.69, 9.17) is 0 Å². The summed E-state index contributed by atoms with van der Waals surface area (Å²) in [6, 6.07) is 6.78. The summed E-state index contributed by atoms with van der Waals surface area (Å²) in [6.45, 7) is 9.12. The maximum atomic E-state index is 3.33. The van der Waals surface area contributed by atoms with Crippen LogP contribution in [-0.2, 0) is 18.4 Å². The van der Waals surface area contributed by atoms with Crippen molar-refractivity contribution in [3.8, 4) is 0 Å². The summed E-state index contributed by atoms with van der Waals surface area (Å²) in [7, 11) is 2.04. The quantitative estimate of drug-likeness (QED) is 0.875. The molecule has 96 valence electrons. The van der Waals surface area contributed by atoms with Crippen molar-refractivity contribution in [3.05, 3.63) is 35.0 Å². The van der Waals surface area contributed by atoms with Crippen LogP contribution in [0.1, 0.15) is 30.7 Å². The van der Waals surface area contributed by atoms with Crippen molar-refractivity contribution in [2.24, 2.45) is 0 Å². The first kappa shape index (κ1) is 11.8. The Bertz CT molecular complexity index is 605. The van der Waals surface area contributed by atoms with Crippen LogP contribution in [0.3, 0.4) is 0 Å². The predicted octanol–water partition coefficient (Wildman–Crippen LogP) is 3.00. The monoisotopic (exact) mass is 242 g/mol. The van der Waals surface area contributed by atoms with Crippen LogP contribution in [0.15, 0.2) is 18.2 Å². The molecule has 0 bridgehead atoms. The van der Waals surface area contributed by atoms with E-state index in [1.165, 1.54) is 34.1 Å². The highest BCUT2D eigenvalue weighted by atomic mass is 15.0. The summed E-state index contributed by atoms with van der Waals surface area (Å²) in [6.07, 6.45) is 1.19. The number of nitrogens with zero attached hydrogens (tertiary/aromatic N) is 1. The number of nitrogens with one attached hydrogen (secondary N) is 1. The zero-order valence-corrected chi connectivity index (χ0v) is 11.8. The van der Waals surface area contributed by atoms with Gasteiger partial charge in [0.05, 0.1) is 5.52 Å². The molecular weight excluding hydrogens is 220 g/mol. The highest BCUT2D eigenvalue weighted by molar-refractivity contribution is 5.90. The summed E-state index contributed by atoms with van der Waals surface area (Å²) >= 11 is 0. The number of aromatic nitrogens is 1. The fourth-order valence-corrected chi connectivity index (χ4v) is 3.71. The second-order valence-electron chi connectivity index (χ2n) is 6.09. The van der Waals surface area contributed by atoms with Crippen LogP contribution in [0.4, 0.5) is 0 Å². The Morgan fingerprint density at radius 2 is 2.11 bits per heavy atom. The first-order valence-corrected chi connectivity index (χ1v) is 6.82. The molecule has 1 aliphatic rings. The third-order valence-corrected chi connectivity index (χ3v) is 4.33. The molecule has 0 amide bonds. The zero-order valence-electron chi connectivity index (χ0n) is 11.8. The van der Waals surface area contributed by atoms with Crippen LogP contribution < -0.4 is 5.32 Å². The van der Waals surface area contributed by atoms with Crippen LogP contribution in [-0.4, -0.2) is 18.2 Å².